The smallest absolute Gasteiger partial charge is 0.321 e. The van der Waals surface area contributed by atoms with Crippen LogP contribution in [0.5, 0.6) is 0 Å². The second-order valence-electron chi connectivity index (χ2n) is 2.52. The van der Waals surface area contributed by atoms with Crippen molar-refractivity contribution in [3.63, 3.8) is 0 Å². The highest BCUT2D eigenvalue weighted by Crippen LogP contribution is 1.81. The van der Waals surface area contributed by atoms with Crippen molar-refractivity contribution in [2.75, 3.05) is 6.54 Å². The zero-order chi connectivity index (χ0) is 10.3. The van der Waals surface area contributed by atoms with E-state index in [1.165, 1.54) is 0 Å². The Morgan fingerprint density at radius 1 is 1.54 bits per heavy atom. The average molecular weight is 181 g/mol. The first kappa shape index (κ1) is 11.2. The molecule has 0 rings (SSSR count). The first-order chi connectivity index (χ1) is 6.06. The number of hydrogen-bond acceptors (Lipinski definition) is 3. The van der Waals surface area contributed by atoms with Gasteiger partial charge in [-0.05, 0) is 6.92 Å². The quantitative estimate of drug-likeness (QED) is 0.614. The summed E-state index contributed by atoms with van der Waals surface area (Å²) in [5.41, 5.74) is 0.780. The molecule has 0 aromatic heterocycles. The summed E-state index contributed by atoms with van der Waals surface area (Å²) in [5, 5.41) is 12.5. The molecule has 70 valence electrons. The van der Waals surface area contributed by atoms with Gasteiger partial charge in [0.25, 0.3) is 0 Å². The lowest BCUT2D eigenvalue weighted by atomic mass is 10.3. The van der Waals surface area contributed by atoms with Crippen LogP contribution in [0.2, 0.25) is 0 Å². The van der Waals surface area contributed by atoms with E-state index in [4.69, 9.17) is 5.26 Å². The third-order valence-electron chi connectivity index (χ3n) is 1.04. The van der Waals surface area contributed by atoms with Crippen LogP contribution in [-0.2, 0) is 4.79 Å². The Bertz CT molecular complexity index is 265. The van der Waals surface area contributed by atoms with Gasteiger partial charge in [-0.2, -0.15) is 5.26 Å². The molecular formula is C8H11N3O2. The Morgan fingerprint density at radius 2 is 2.15 bits per heavy atom. The predicted octanol–water partition coefficient (Wildman–Crippen LogP) is 0.302. The second kappa shape index (κ2) is 5.77. The Kier molecular flexibility index (Phi) is 4.96. The van der Waals surface area contributed by atoms with Gasteiger partial charge < -0.3 is 5.32 Å². The zero-order valence-electron chi connectivity index (χ0n) is 7.39. The molecule has 0 bridgehead atoms. The average Bonchev–Trinajstić information content (AvgIpc) is 2.01. The first-order valence-electron chi connectivity index (χ1n) is 3.65. The topological polar surface area (TPSA) is 82.0 Å². The van der Waals surface area contributed by atoms with Crippen LogP contribution in [0.15, 0.2) is 12.2 Å². The minimum absolute atomic E-state index is 0.311. The van der Waals surface area contributed by atoms with Gasteiger partial charge in [-0.15, -0.1) is 0 Å². The van der Waals surface area contributed by atoms with Crippen LogP contribution in [-0.4, -0.2) is 18.5 Å². The predicted molar refractivity (Wildman–Crippen MR) is 46.6 cm³/mol. The van der Waals surface area contributed by atoms with Gasteiger partial charge in [-0.3, -0.25) is 10.1 Å². The molecule has 13 heavy (non-hydrogen) atoms. The lowest BCUT2D eigenvalue weighted by Crippen LogP contribution is -2.39. The van der Waals surface area contributed by atoms with Crippen molar-refractivity contribution >= 4 is 11.9 Å². The number of hydrogen-bond donors (Lipinski definition) is 2. The lowest BCUT2D eigenvalue weighted by molar-refractivity contribution is -0.119. The van der Waals surface area contributed by atoms with Crippen molar-refractivity contribution < 1.29 is 9.59 Å². The number of rotatable bonds is 3. The molecule has 5 heteroatoms. The molecule has 0 saturated heterocycles. The van der Waals surface area contributed by atoms with Crippen molar-refractivity contribution in [3.05, 3.63) is 12.2 Å². The fourth-order valence-electron chi connectivity index (χ4n) is 0.518. The number of carbonyl (C=O) groups excluding carboxylic acids is 2. The Labute approximate surface area is 76.4 Å². The molecule has 5 nitrogen and oxygen atoms in total. The Hall–Kier alpha value is -1.83. The molecule has 0 unspecified atom stereocenters. The van der Waals surface area contributed by atoms with E-state index in [-0.39, 0.29) is 6.42 Å². The second-order valence-corrected chi connectivity index (χ2v) is 2.52. The van der Waals surface area contributed by atoms with Crippen LogP contribution >= 0.6 is 0 Å². The number of urea groups is 1. The van der Waals surface area contributed by atoms with Crippen LogP contribution in [0.1, 0.15) is 13.3 Å². The highest BCUT2D eigenvalue weighted by Gasteiger charge is 2.05. The monoisotopic (exact) mass is 181 g/mol. The summed E-state index contributed by atoms with van der Waals surface area (Å²) in [4.78, 5) is 21.5. The van der Waals surface area contributed by atoms with Crippen molar-refractivity contribution in [2.24, 2.45) is 0 Å². The van der Waals surface area contributed by atoms with E-state index in [9.17, 15) is 9.59 Å². The van der Waals surface area contributed by atoms with E-state index < -0.39 is 11.9 Å². The van der Waals surface area contributed by atoms with Crippen LogP contribution in [0.25, 0.3) is 0 Å². The van der Waals surface area contributed by atoms with E-state index in [2.05, 4.69) is 11.9 Å². The van der Waals surface area contributed by atoms with Gasteiger partial charge in [-0.25, -0.2) is 4.79 Å². The van der Waals surface area contributed by atoms with E-state index in [0.717, 1.165) is 5.57 Å². The molecule has 3 amide bonds. The molecule has 0 spiro atoms. The summed E-state index contributed by atoms with van der Waals surface area (Å²) in [5.74, 6) is -0.610. The van der Waals surface area contributed by atoms with Crippen LogP contribution in [0, 0.1) is 11.3 Å². The number of imide groups is 1. The van der Waals surface area contributed by atoms with Crippen molar-refractivity contribution in [1.82, 2.24) is 10.6 Å². The summed E-state index contributed by atoms with van der Waals surface area (Å²) >= 11 is 0. The molecule has 0 aliphatic heterocycles. The van der Waals surface area contributed by atoms with E-state index in [1.807, 2.05) is 5.32 Å². The fourth-order valence-corrected chi connectivity index (χ4v) is 0.518. The standard InChI is InChI=1S/C8H11N3O2/c1-6(2)5-10-8(13)11-7(12)3-4-9/h1,3,5H2,2H3,(H2,10,11,12,13). The number of carbonyl (C=O) groups is 2. The summed E-state index contributed by atoms with van der Waals surface area (Å²) in [6.45, 7) is 5.62. The Morgan fingerprint density at radius 3 is 2.62 bits per heavy atom. The summed E-state index contributed by atoms with van der Waals surface area (Å²) in [6.07, 6.45) is -0.319. The number of nitrogens with zero attached hydrogens (tertiary/aromatic N) is 1. The third kappa shape index (κ3) is 6.56. The maximum Gasteiger partial charge on any atom is 0.321 e. The van der Waals surface area contributed by atoms with Crippen LogP contribution < -0.4 is 10.6 Å². The molecule has 0 aliphatic rings. The molecule has 0 aromatic carbocycles. The maximum absolute atomic E-state index is 10.8. The highest BCUT2D eigenvalue weighted by molar-refractivity contribution is 5.95. The van der Waals surface area contributed by atoms with E-state index in [0.29, 0.717) is 6.54 Å². The maximum atomic E-state index is 10.8. The van der Waals surface area contributed by atoms with Gasteiger partial charge in [0.2, 0.25) is 5.91 Å². The third-order valence-corrected chi connectivity index (χ3v) is 1.04. The van der Waals surface area contributed by atoms with Gasteiger partial charge in [0.05, 0.1) is 6.07 Å². The van der Waals surface area contributed by atoms with Crippen LogP contribution in [0.4, 0.5) is 4.79 Å². The van der Waals surface area contributed by atoms with Gasteiger partial charge >= 0.3 is 6.03 Å². The molecular weight excluding hydrogens is 170 g/mol. The number of nitriles is 1. The normalized spacial score (nSPS) is 8.31. The van der Waals surface area contributed by atoms with Crippen molar-refractivity contribution in [2.45, 2.75) is 13.3 Å². The molecule has 0 aromatic rings. The number of amides is 3. The van der Waals surface area contributed by atoms with Gasteiger partial charge in [0.1, 0.15) is 6.42 Å². The van der Waals surface area contributed by atoms with E-state index >= 15 is 0 Å². The fraction of sp³-hybridized carbons (Fsp3) is 0.375. The SMILES string of the molecule is C=C(C)CNC(=O)NC(=O)CC#N. The molecule has 0 fully saturated rings. The summed E-state index contributed by atoms with van der Waals surface area (Å²) in [7, 11) is 0. The zero-order valence-corrected chi connectivity index (χ0v) is 7.39. The Balaban J connectivity index is 3.69. The first-order valence-corrected chi connectivity index (χ1v) is 3.65. The number of nitrogens with one attached hydrogen (secondary N) is 2. The summed E-state index contributed by atoms with van der Waals surface area (Å²) < 4.78 is 0. The summed E-state index contributed by atoms with van der Waals surface area (Å²) in [6, 6.07) is 1.02. The van der Waals surface area contributed by atoms with Gasteiger partial charge in [0.15, 0.2) is 0 Å². The lowest BCUT2D eigenvalue weighted by Gasteiger charge is -2.03. The highest BCUT2D eigenvalue weighted by atomic mass is 16.2. The molecule has 0 heterocycles. The van der Waals surface area contributed by atoms with Gasteiger partial charge in [-0.1, -0.05) is 12.2 Å². The molecule has 0 aliphatic carbocycles. The molecule has 0 radical (unpaired) electrons. The largest absolute Gasteiger partial charge is 0.334 e. The van der Waals surface area contributed by atoms with Crippen molar-refractivity contribution in [1.29, 1.82) is 5.26 Å². The minimum atomic E-state index is -0.610. The van der Waals surface area contributed by atoms with E-state index in [1.54, 1.807) is 13.0 Å². The molecule has 0 atom stereocenters. The minimum Gasteiger partial charge on any atom is -0.334 e. The van der Waals surface area contributed by atoms with Crippen LogP contribution in [0.3, 0.4) is 0 Å². The van der Waals surface area contributed by atoms with Crippen molar-refractivity contribution in [3.8, 4) is 6.07 Å². The molecule has 0 saturated carbocycles. The molecule has 2 N–H and O–H groups in total. The van der Waals surface area contributed by atoms with Gasteiger partial charge in [0, 0.05) is 6.54 Å².